The predicted octanol–water partition coefficient (Wildman–Crippen LogP) is 4.20. The number of nitrogens with one attached hydrogen (secondary N) is 1. The molecule has 0 unspecified atom stereocenters. The van der Waals surface area contributed by atoms with E-state index in [4.69, 9.17) is 4.74 Å². The average molecular weight is 303 g/mol. The number of hydrogen-bond donors (Lipinski definition) is 1. The molecule has 1 aromatic rings. The fourth-order valence-corrected chi connectivity index (χ4v) is 2.80. The van der Waals surface area contributed by atoms with Gasteiger partial charge in [-0.2, -0.15) is 0 Å². The third kappa shape index (κ3) is 4.33. The minimum absolute atomic E-state index is 0.00788. The SMILES string of the molecule is CC(=O)c1ccc(OC(C)C)c(NC(=O)C2CCCCC2)c1. The lowest BCUT2D eigenvalue weighted by Gasteiger charge is -2.22. The van der Waals surface area contributed by atoms with Gasteiger partial charge in [-0.05, 0) is 51.8 Å². The van der Waals surface area contributed by atoms with Crippen LogP contribution in [0, 0.1) is 5.92 Å². The molecular weight excluding hydrogens is 278 g/mol. The quantitative estimate of drug-likeness (QED) is 0.830. The fraction of sp³-hybridized carbons (Fsp3) is 0.556. The molecule has 1 aromatic carbocycles. The highest BCUT2D eigenvalue weighted by Crippen LogP contribution is 2.30. The van der Waals surface area contributed by atoms with Gasteiger partial charge in [0.25, 0.3) is 0 Å². The molecule has 22 heavy (non-hydrogen) atoms. The van der Waals surface area contributed by atoms with Crippen molar-refractivity contribution in [2.75, 3.05) is 5.32 Å². The van der Waals surface area contributed by atoms with Crippen molar-refractivity contribution in [1.29, 1.82) is 0 Å². The number of rotatable bonds is 5. The molecule has 1 saturated carbocycles. The van der Waals surface area contributed by atoms with Crippen LogP contribution in [0.3, 0.4) is 0 Å². The van der Waals surface area contributed by atoms with Crippen LogP contribution in [0.5, 0.6) is 5.75 Å². The van der Waals surface area contributed by atoms with E-state index < -0.39 is 0 Å². The van der Waals surface area contributed by atoms with E-state index >= 15 is 0 Å². The Hall–Kier alpha value is -1.84. The number of hydrogen-bond acceptors (Lipinski definition) is 3. The molecule has 0 radical (unpaired) electrons. The van der Waals surface area contributed by atoms with E-state index in [9.17, 15) is 9.59 Å². The second-order valence-corrected chi connectivity index (χ2v) is 6.26. The second-order valence-electron chi connectivity index (χ2n) is 6.26. The van der Waals surface area contributed by atoms with Crippen molar-refractivity contribution in [1.82, 2.24) is 0 Å². The van der Waals surface area contributed by atoms with Crippen LogP contribution < -0.4 is 10.1 Å². The smallest absolute Gasteiger partial charge is 0.227 e. The lowest BCUT2D eigenvalue weighted by Crippen LogP contribution is -2.25. The summed E-state index contributed by atoms with van der Waals surface area (Å²) < 4.78 is 5.74. The highest BCUT2D eigenvalue weighted by atomic mass is 16.5. The van der Waals surface area contributed by atoms with Gasteiger partial charge in [0.1, 0.15) is 5.75 Å². The maximum atomic E-state index is 12.4. The maximum Gasteiger partial charge on any atom is 0.227 e. The molecule has 0 aliphatic heterocycles. The number of amides is 1. The van der Waals surface area contributed by atoms with Crippen molar-refractivity contribution in [2.24, 2.45) is 5.92 Å². The fourth-order valence-electron chi connectivity index (χ4n) is 2.80. The van der Waals surface area contributed by atoms with Gasteiger partial charge in [-0.25, -0.2) is 0 Å². The summed E-state index contributed by atoms with van der Waals surface area (Å²) >= 11 is 0. The lowest BCUT2D eigenvalue weighted by molar-refractivity contribution is -0.120. The summed E-state index contributed by atoms with van der Waals surface area (Å²) in [6.07, 6.45) is 5.33. The normalized spacial score (nSPS) is 15.6. The second kappa shape index (κ2) is 7.43. The Kier molecular flexibility index (Phi) is 5.58. The van der Waals surface area contributed by atoms with Crippen molar-refractivity contribution >= 4 is 17.4 Å². The van der Waals surface area contributed by atoms with Crippen molar-refractivity contribution in [3.63, 3.8) is 0 Å². The van der Waals surface area contributed by atoms with Gasteiger partial charge < -0.3 is 10.1 Å². The van der Waals surface area contributed by atoms with Crippen LogP contribution >= 0.6 is 0 Å². The summed E-state index contributed by atoms with van der Waals surface area (Å²) in [5, 5.41) is 2.96. The molecule has 120 valence electrons. The number of benzene rings is 1. The molecule has 1 aliphatic rings. The van der Waals surface area contributed by atoms with Crippen molar-refractivity contribution in [3.8, 4) is 5.75 Å². The molecular formula is C18H25NO3. The highest BCUT2D eigenvalue weighted by Gasteiger charge is 2.22. The first kappa shape index (κ1) is 16.5. The van der Waals surface area contributed by atoms with Gasteiger partial charge in [-0.15, -0.1) is 0 Å². The van der Waals surface area contributed by atoms with Gasteiger partial charge in [0.2, 0.25) is 5.91 Å². The summed E-state index contributed by atoms with van der Waals surface area (Å²) in [6.45, 7) is 5.39. The Morgan fingerprint density at radius 1 is 1.18 bits per heavy atom. The molecule has 2 rings (SSSR count). The summed E-state index contributed by atoms with van der Waals surface area (Å²) in [4.78, 5) is 24.0. The van der Waals surface area contributed by atoms with Crippen molar-refractivity contribution in [2.45, 2.75) is 59.0 Å². The summed E-state index contributed by atoms with van der Waals surface area (Å²) in [5.74, 6) is 0.698. The van der Waals surface area contributed by atoms with Crippen LogP contribution in [0.1, 0.15) is 63.2 Å². The first-order valence-corrected chi connectivity index (χ1v) is 8.10. The van der Waals surface area contributed by atoms with E-state index in [1.807, 2.05) is 13.8 Å². The number of ketones is 1. The number of ether oxygens (including phenoxy) is 1. The molecule has 1 N–H and O–H groups in total. The van der Waals surface area contributed by atoms with Gasteiger partial charge >= 0.3 is 0 Å². The molecule has 0 saturated heterocycles. The van der Waals surface area contributed by atoms with E-state index in [-0.39, 0.29) is 23.7 Å². The van der Waals surface area contributed by atoms with E-state index in [1.54, 1.807) is 18.2 Å². The molecule has 1 amide bonds. The standard InChI is InChI=1S/C18H25NO3/c1-12(2)22-17-10-9-15(13(3)20)11-16(17)19-18(21)14-7-5-4-6-8-14/h9-12,14H,4-8H2,1-3H3,(H,19,21). The number of Topliss-reactive ketones (excluding diaryl/α,β-unsaturated/α-hetero) is 1. The van der Waals surface area contributed by atoms with Crippen LogP contribution in [-0.4, -0.2) is 17.8 Å². The van der Waals surface area contributed by atoms with Crippen LogP contribution in [0.4, 0.5) is 5.69 Å². The molecule has 0 heterocycles. The number of anilines is 1. The molecule has 1 fully saturated rings. The molecule has 0 atom stereocenters. The van der Waals surface area contributed by atoms with E-state index in [0.717, 1.165) is 25.7 Å². The first-order chi connectivity index (χ1) is 10.5. The predicted molar refractivity (Wildman–Crippen MR) is 87.4 cm³/mol. The monoisotopic (exact) mass is 303 g/mol. The summed E-state index contributed by atoms with van der Waals surface area (Å²) in [5.41, 5.74) is 1.17. The van der Waals surface area contributed by atoms with Crippen LogP contribution in [0.15, 0.2) is 18.2 Å². The molecule has 1 aliphatic carbocycles. The van der Waals surface area contributed by atoms with Gasteiger partial charge in [0.15, 0.2) is 5.78 Å². The van der Waals surface area contributed by atoms with Gasteiger partial charge in [-0.3, -0.25) is 9.59 Å². The van der Waals surface area contributed by atoms with E-state index in [1.165, 1.54) is 13.3 Å². The summed E-state index contributed by atoms with van der Waals surface area (Å²) in [7, 11) is 0. The third-order valence-electron chi connectivity index (χ3n) is 3.98. The Morgan fingerprint density at radius 3 is 2.45 bits per heavy atom. The van der Waals surface area contributed by atoms with Crippen LogP contribution in [0.2, 0.25) is 0 Å². The first-order valence-electron chi connectivity index (χ1n) is 8.10. The zero-order valence-corrected chi connectivity index (χ0v) is 13.6. The lowest BCUT2D eigenvalue weighted by atomic mass is 9.88. The third-order valence-corrected chi connectivity index (χ3v) is 3.98. The van der Waals surface area contributed by atoms with Crippen molar-refractivity contribution < 1.29 is 14.3 Å². The molecule has 4 nitrogen and oxygen atoms in total. The van der Waals surface area contributed by atoms with Gasteiger partial charge in [0, 0.05) is 11.5 Å². The van der Waals surface area contributed by atoms with Gasteiger partial charge in [-0.1, -0.05) is 19.3 Å². The number of carbonyl (C=O) groups excluding carboxylic acids is 2. The Bertz CT molecular complexity index is 545. The Labute approximate surface area is 132 Å². The largest absolute Gasteiger partial charge is 0.489 e. The summed E-state index contributed by atoms with van der Waals surface area (Å²) in [6, 6.07) is 5.20. The molecule has 0 aromatic heterocycles. The molecule has 0 bridgehead atoms. The number of carbonyl (C=O) groups is 2. The molecule has 0 spiro atoms. The van der Waals surface area contributed by atoms with E-state index in [2.05, 4.69) is 5.32 Å². The maximum absolute atomic E-state index is 12.4. The Balaban J connectivity index is 2.19. The van der Waals surface area contributed by atoms with Gasteiger partial charge in [0.05, 0.1) is 11.8 Å². The van der Waals surface area contributed by atoms with Crippen molar-refractivity contribution in [3.05, 3.63) is 23.8 Å². The highest BCUT2D eigenvalue weighted by molar-refractivity contribution is 5.98. The topological polar surface area (TPSA) is 55.4 Å². The van der Waals surface area contributed by atoms with Crippen LogP contribution in [0.25, 0.3) is 0 Å². The average Bonchev–Trinajstić information content (AvgIpc) is 2.49. The van der Waals surface area contributed by atoms with E-state index in [0.29, 0.717) is 17.0 Å². The zero-order chi connectivity index (χ0) is 16.1. The Morgan fingerprint density at radius 2 is 1.86 bits per heavy atom. The van der Waals surface area contributed by atoms with Crippen LogP contribution in [-0.2, 0) is 4.79 Å². The molecule has 4 heteroatoms. The minimum atomic E-state index is -0.0238. The minimum Gasteiger partial charge on any atom is -0.489 e. The zero-order valence-electron chi connectivity index (χ0n) is 13.6.